The molecule has 1 N–H and O–H groups in total. The zero-order valence-electron chi connectivity index (χ0n) is 11.2. The van der Waals surface area contributed by atoms with Gasteiger partial charge in [-0.05, 0) is 34.1 Å². The van der Waals surface area contributed by atoms with Gasteiger partial charge in [-0.1, -0.05) is 11.6 Å². The number of nitrogens with zero attached hydrogens (tertiary/aromatic N) is 2. The summed E-state index contributed by atoms with van der Waals surface area (Å²) in [5.41, 5.74) is -2.00. The number of amides is 1. The largest absolute Gasteiger partial charge is 0.417 e. The number of halogens is 5. The van der Waals surface area contributed by atoms with Gasteiger partial charge in [-0.25, -0.2) is 4.98 Å². The van der Waals surface area contributed by atoms with Crippen LogP contribution in [0.1, 0.15) is 5.56 Å². The highest BCUT2D eigenvalue weighted by molar-refractivity contribution is 9.10. The van der Waals surface area contributed by atoms with Crippen molar-refractivity contribution in [1.82, 2.24) is 9.55 Å². The second kappa shape index (κ2) is 6.71. The number of hydrogen-bond acceptors (Lipinski definition) is 3. The molecule has 0 aromatic carbocycles. The second-order valence-electron chi connectivity index (χ2n) is 4.42. The van der Waals surface area contributed by atoms with E-state index in [4.69, 9.17) is 11.6 Å². The van der Waals surface area contributed by atoms with E-state index in [0.29, 0.717) is 21.3 Å². The predicted octanol–water partition coefficient (Wildman–Crippen LogP) is 3.32. The van der Waals surface area contributed by atoms with Gasteiger partial charge in [0, 0.05) is 16.9 Å². The number of aromatic nitrogens is 2. The summed E-state index contributed by atoms with van der Waals surface area (Å²) in [4.78, 5) is 27.5. The minimum atomic E-state index is -4.68. The van der Waals surface area contributed by atoms with Gasteiger partial charge in [-0.2, -0.15) is 13.2 Å². The van der Waals surface area contributed by atoms with Crippen LogP contribution in [0.15, 0.2) is 39.9 Å². The summed E-state index contributed by atoms with van der Waals surface area (Å²) in [6.45, 7) is -0.625. The average molecular weight is 411 g/mol. The van der Waals surface area contributed by atoms with Crippen LogP contribution in [0, 0.1) is 0 Å². The maximum atomic E-state index is 12.7. The van der Waals surface area contributed by atoms with Gasteiger partial charge in [0.05, 0.1) is 5.56 Å². The van der Waals surface area contributed by atoms with E-state index in [1.807, 2.05) is 0 Å². The van der Waals surface area contributed by atoms with Crippen molar-refractivity contribution in [2.45, 2.75) is 12.7 Å². The Morgan fingerprint density at radius 2 is 2.09 bits per heavy atom. The number of hydrogen-bond donors (Lipinski definition) is 1. The number of nitrogens with one attached hydrogen (secondary N) is 1. The van der Waals surface area contributed by atoms with Crippen LogP contribution in [-0.2, 0) is 17.5 Å². The van der Waals surface area contributed by atoms with E-state index in [0.717, 1.165) is 0 Å². The Morgan fingerprint density at radius 3 is 2.65 bits per heavy atom. The van der Waals surface area contributed by atoms with Crippen LogP contribution in [-0.4, -0.2) is 15.5 Å². The molecule has 0 unspecified atom stereocenters. The van der Waals surface area contributed by atoms with Crippen molar-refractivity contribution >= 4 is 39.3 Å². The Hall–Kier alpha value is -1.87. The van der Waals surface area contributed by atoms with E-state index < -0.39 is 34.8 Å². The molecule has 0 saturated carbocycles. The molecule has 2 aromatic rings. The van der Waals surface area contributed by atoms with Crippen LogP contribution in [0.5, 0.6) is 0 Å². The molecule has 23 heavy (non-hydrogen) atoms. The van der Waals surface area contributed by atoms with Gasteiger partial charge in [-0.3, -0.25) is 9.59 Å². The van der Waals surface area contributed by atoms with Crippen LogP contribution < -0.4 is 10.9 Å². The zero-order chi connectivity index (χ0) is 17.2. The molecule has 0 spiro atoms. The van der Waals surface area contributed by atoms with Crippen molar-refractivity contribution in [2.75, 3.05) is 5.32 Å². The molecule has 10 heteroatoms. The van der Waals surface area contributed by atoms with Crippen molar-refractivity contribution in [2.24, 2.45) is 0 Å². The summed E-state index contributed by atoms with van der Waals surface area (Å²) in [7, 11) is 0. The van der Waals surface area contributed by atoms with Crippen LogP contribution in [0.2, 0.25) is 5.02 Å². The van der Waals surface area contributed by atoms with E-state index in [2.05, 4.69) is 26.2 Å². The molecule has 2 rings (SSSR count). The van der Waals surface area contributed by atoms with Crippen molar-refractivity contribution in [3.8, 4) is 0 Å². The molecular formula is C13H8BrClF3N3O2. The first-order valence-corrected chi connectivity index (χ1v) is 7.22. The Kier molecular flexibility index (Phi) is 5.10. The first-order chi connectivity index (χ1) is 10.7. The Balaban J connectivity index is 2.22. The quantitative estimate of drug-likeness (QED) is 0.844. The molecule has 122 valence electrons. The maximum absolute atomic E-state index is 12.7. The standard InChI is InChI=1S/C13H8BrClF3N3O2/c14-8-1-2-10(19-4-8)20-11(22)6-21-5-7(13(16,17)18)3-9(15)12(21)23/h1-5H,6H2,(H,19,20,22). The molecular weight excluding hydrogens is 403 g/mol. The van der Waals surface area contributed by atoms with Crippen LogP contribution in [0.25, 0.3) is 0 Å². The van der Waals surface area contributed by atoms with E-state index in [1.165, 1.54) is 12.3 Å². The lowest BCUT2D eigenvalue weighted by Gasteiger charge is -2.11. The normalized spacial score (nSPS) is 11.3. The average Bonchev–Trinajstić information content (AvgIpc) is 2.45. The topological polar surface area (TPSA) is 64.0 Å². The zero-order valence-corrected chi connectivity index (χ0v) is 13.5. The number of rotatable bonds is 3. The molecule has 0 saturated heterocycles. The number of pyridine rings is 2. The van der Waals surface area contributed by atoms with Gasteiger partial charge in [0.1, 0.15) is 17.4 Å². The highest BCUT2D eigenvalue weighted by atomic mass is 79.9. The number of alkyl halides is 3. The summed E-state index contributed by atoms with van der Waals surface area (Å²) in [6, 6.07) is 3.63. The van der Waals surface area contributed by atoms with Crippen molar-refractivity contribution in [1.29, 1.82) is 0 Å². The molecule has 0 aliphatic rings. The van der Waals surface area contributed by atoms with Crippen LogP contribution >= 0.6 is 27.5 Å². The maximum Gasteiger partial charge on any atom is 0.417 e. The summed E-state index contributed by atoms with van der Waals surface area (Å²) >= 11 is 8.67. The van der Waals surface area contributed by atoms with Gasteiger partial charge in [0.2, 0.25) is 5.91 Å². The lowest BCUT2D eigenvalue weighted by atomic mass is 10.2. The molecule has 2 aromatic heterocycles. The Bertz CT molecular complexity index is 791. The van der Waals surface area contributed by atoms with E-state index >= 15 is 0 Å². The lowest BCUT2D eigenvalue weighted by molar-refractivity contribution is -0.138. The highest BCUT2D eigenvalue weighted by Gasteiger charge is 2.32. The molecule has 0 bridgehead atoms. The molecule has 0 atom stereocenters. The van der Waals surface area contributed by atoms with Gasteiger partial charge in [-0.15, -0.1) is 0 Å². The molecule has 5 nitrogen and oxygen atoms in total. The first-order valence-electron chi connectivity index (χ1n) is 6.05. The fourth-order valence-electron chi connectivity index (χ4n) is 1.66. The van der Waals surface area contributed by atoms with Crippen molar-refractivity contribution in [3.63, 3.8) is 0 Å². The second-order valence-corrected chi connectivity index (χ2v) is 5.74. The van der Waals surface area contributed by atoms with E-state index in [9.17, 15) is 22.8 Å². The van der Waals surface area contributed by atoms with Gasteiger partial charge >= 0.3 is 6.18 Å². The van der Waals surface area contributed by atoms with Gasteiger partial charge in [0.25, 0.3) is 5.56 Å². The summed E-state index contributed by atoms with van der Waals surface area (Å²) in [6.07, 6.45) is -2.70. The third-order valence-corrected chi connectivity index (χ3v) is 3.42. The monoisotopic (exact) mass is 409 g/mol. The Labute approximate surface area is 141 Å². The molecule has 2 heterocycles. The predicted molar refractivity (Wildman–Crippen MR) is 81.3 cm³/mol. The molecule has 0 fully saturated rings. The number of carbonyl (C=O) groups is 1. The lowest BCUT2D eigenvalue weighted by Crippen LogP contribution is -2.29. The third-order valence-electron chi connectivity index (χ3n) is 2.68. The van der Waals surface area contributed by atoms with Crippen molar-refractivity contribution in [3.05, 3.63) is 56.0 Å². The minimum absolute atomic E-state index is 0.198. The molecule has 0 radical (unpaired) electrons. The van der Waals surface area contributed by atoms with Gasteiger partial charge < -0.3 is 9.88 Å². The third kappa shape index (κ3) is 4.55. The van der Waals surface area contributed by atoms with Crippen molar-refractivity contribution < 1.29 is 18.0 Å². The van der Waals surface area contributed by atoms with E-state index in [1.54, 1.807) is 6.07 Å². The van der Waals surface area contributed by atoms with Crippen LogP contribution in [0.3, 0.4) is 0 Å². The number of anilines is 1. The summed E-state index contributed by atoms with van der Waals surface area (Å²) < 4.78 is 39.4. The smallest absolute Gasteiger partial charge is 0.309 e. The van der Waals surface area contributed by atoms with E-state index in [-0.39, 0.29) is 5.82 Å². The number of carbonyl (C=O) groups excluding carboxylic acids is 1. The molecule has 0 aliphatic carbocycles. The molecule has 1 amide bonds. The van der Waals surface area contributed by atoms with Gasteiger partial charge in [0.15, 0.2) is 0 Å². The SMILES string of the molecule is O=C(Cn1cc(C(F)(F)F)cc(Cl)c1=O)Nc1ccc(Br)cn1. The molecule has 0 aliphatic heterocycles. The Morgan fingerprint density at radius 1 is 1.39 bits per heavy atom. The fraction of sp³-hybridized carbons (Fsp3) is 0.154. The summed E-state index contributed by atoms with van der Waals surface area (Å²) in [5.74, 6) is -0.512. The van der Waals surface area contributed by atoms with Crippen LogP contribution in [0.4, 0.5) is 19.0 Å². The minimum Gasteiger partial charge on any atom is -0.309 e. The summed E-state index contributed by atoms with van der Waals surface area (Å²) in [5, 5.41) is 1.75. The first kappa shape index (κ1) is 17.5. The highest BCUT2D eigenvalue weighted by Crippen LogP contribution is 2.29. The fourth-order valence-corrected chi connectivity index (χ4v) is 2.12.